The second kappa shape index (κ2) is 6.45. The largest absolute Gasteiger partial charge is 0.508 e. The Balaban J connectivity index is 0.000000151. The third kappa shape index (κ3) is 4.69. The first-order valence-electron chi connectivity index (χ1n) is 4.58. The second-order valence-electron chi connectivity index (χ2n) is 2.85. The molecule has 3 nitrogen and oxygen atoms in total. The lowest BCUT2D eigenvalue weighted by Crippen LogP contribution is -2.05. The molecule has 0 spiro atoms. The molecule has 2 aromatic carbocycles. The number of rotatable bonds is 1. The van der Waals surface area contributed by atoms with E-state index in [0.29, 0.717) is 5.75 Å². The van der Waals surface area contributed by atoms with Crippen LogP contribution >= 0.6 is 0 Å². The van der Waals surface area contributed by atoms with Crippen LogP contribution in [-0.2, 0) is 0 Å². The van der Waals surface area contributed by atoms with Gasteiger partial charge in [-0.3, -0.25) is 5.84 Å². The molecular formula is C12H14N2O. The minimum Gasteiger partial charge on any atom is -0.508 e. The number of para-hydroxylation sites is 2. The van der Waals surface area contributed by atoms with Gasteiger partial charge >= 0.3 is 0 Å². The molecule has 0 saturated carbocycles. The van der Waals surface area contributed by atoms with E-state index in [1.807, 2.05) is 36.4 Å². The van der Waals surface area contributed by atoms with Crippen molar-refractivity contribution in [2.75, 3.05) is 5.43 Å². The highest BCUT2D eigenvalue weighted by Gasteiger charge is 1.78. The molecule has 0 aromatic heterocycles. The van der Waals surface area contributed by atoms with Crippen molar-refractivity contribution in [2.45, 2.75) is 0 Å². The predicted molar refractivity (Wildman–Crippen MR) is 62.4 cm³/mol. The summed E-state index contributed by atoms with van der Waals surface area (Å²) in [6.07, 6.45) is 0. The summed E-state index contributed by atoms with van der Waals surface area (Å²) in [6, 6.07) is 18.3. The lowest BCUT2D eigenvalue weighted by molar-refractivity contribution is 0.475. The van der Waals surface area contributed by atoms with Crippen LogP contribution in [0, 0.1) is 0 Å². The summed E-state index contributed by atoms with van der Waals surface area (Å²) >= 11 is 0. The summed E-state index contributed by atoms with van der Waals surface area (Å²) in [5.41, 5.74) is 3.46. The van der Waals surface area contributed by atoms with Gasteiger partial charge in [0.25, 0.3) is 0 Å². The molecular weight excluding hydrogens is 188 g/mol. The van der Waals surface area contributed by atoms with Crippen LogP contribution < -0.4 is 11.3 Å². The van der Waals surface area contributed by atoms with Gasteiger partial charge in [-0.1, -0.05) is 36.4 Å². The average Bonchev–Trinajstić information content (AvgIpc) is 2.32. The minimum atomic E-state index is 0.322. The Bertz CT molecular complexity index is 362. The van der Waals surface area contributed by atoms with Gasteiger partial charge in [0.15, 0.2) is 0 Å². The third-order valence-corrected chi connectivity index (χ3v) is 1.70. The van der Waals surface area contributed by atoms with E-state index in [0.717, 1.165) is 5.69 Å². The van der Waals surface area contributed by atoms with Gasteiger partial charge in [0.05, 0.1) is 0 Å². The van der Waals surface area contributed by atoms with Crippen molar-refractivity contribution < 1.29 is 5.11 Å². The number of aromatic hydroxyl groups is 1. The number of anilines is 1. The number of nitrogens with one attached hydrogen (secondary N) is 1. The zero-order valence-corrected chi connectivity index (χ0v) is 8.30. The fraction of sp³-hybridized carbons (Fsp3) is 0. The van der Waals surface area contributed by atoms with E-state index in [2.05, 4.69) is 5.43 Å². The topological polar surface area (TPSA) is 58.3 Å². The van der Waals surface area contributed by atoms with Crippen molar-refractivity contribution in [3.63, 3.8) is 0 Å². The van der Waals surface area contributed by atoms with Gasteiger partial charge in [-0.05, 0) is 24.3 Å². The van der Waals surface area contributed by atoms with Crippen molar-refractivity contribution in [3.05, 3.63) is 60.7 Å². The Morgan fingerprint density at radius 2 is 1.27 bits per heavy atom. The first-order valence-corrected chi connectivity index (χ1v) is 4.58. The molecule has 0 aliphatic carbocycles. The number of phenols is 1. The maximum atomic E-state index is 8.63. The molecule has 2 rings (SSSR count). The maximum Gasteiger partial charge on any atom is 0.115 e. The first kappa shape index (κ1) is 11.1. The van der Waals surface area contributed by atoms with Gasteiger partial charge in [-0.2, -0.15) is 0 Å². The van der Waals surface area contributed by atoms with Crippen LogP contribution in [0.3, 0.4) is 0 Å². The number of benzene rings is 2. The molecule has 0 amide bonds. The molecule has 15 heavy (non-hydrogen) atoms. The van der Waals surface area contributed by atoms with Crippen molar-refractivity contribution in [3.8, 4) is 5.75 Å². The van der Waals surface area contributed by atoms with E-state index < -0.39 is 0 Å². The Hall–Kier alpha value is -2.00. The van der Waals surface area contributed by atoms with Crippen LogP contribution in [0.2, 0.25) is 0 Å². The molecule has 0 radical (unpaired) electrons. The van der Waals surface area contributed by atoms with Crippen molar-refractivity contribution in [1.82, 2.24) is 0 Å². The molecule has 0 heterocycles. The van der Waals surface area contributed by atoms with E-state index >= 15 is 0 Å². The lowest BCUT2D eigenvalue weighted by atomic mass is 10.3. The summed E-state index contributed by atoms with van der Waals surface area (Å²) in [5.74, 6) is 5.42. The van der Waals surface area contributed by atoms with Crippen molar-refractivity contribution in [2.24, 2.45) is 5.84 Å². The molecule has 0 unspecified atom stereocenters. The van der Waals surface area contributed by atoms with Crippen LogP contribution in [-0.4, -0.2) is 5.11 Å². The molecule has 2 aromatic rings. The van der Waals surface area contributed by atoms with E-state index in [9.17, 15) is 0 Å². The molecule has 0 aliphatic heterocycles. The molecule has 4 N–H and O–H groups in total. The fourth-order valence-electron chi connectivity index (χ4n) is 0.962. The van der Waals surface area contributed by atoms with Crippen LogP contribution in [0.4, 0.5) is 5.69 Å². The van der Waals surface area contributed by atoms with Gasteiger partial charge in [0, 0.05) is 5.69 Å². The molecule has 0 saturated heterocycles. The number of hydrazine groups is 1. The van der Waals surface area contributed by atoms with Gasteiger partial charge < -0.3 is 10.5 Å². The smallest absolute Gasteiger partial charge is 0.115 e. The standard InChI is InChI=1S/C6H8N2.C6H6O/c7-8-6-4-2-1-3-5-6;7-6-4-2-1-3-5-6/h1-5,8H,7H2;1-5,7H. The quantitative estimate of drug-likeness (QED) is 0.491. The summed E-state index contributed by atoms with van der Waals surface area (Å²) in [6.45, 7) is 0. The molecule has 0 atom stereocenters. The monoisotopic (exact) mass is 202 g/mol. The second-order valence-corrected chi connectivity index (χ2v) is 2.85. The number of phenolic OH excluding ortho intramolecular Hbond substituents is 1. The normalized spacial score (nSPS) is 8.60. The molecule has 78 valence electrons. The number of nitrogen functional groups attached to an aromatic ring is 1. The minimum absolute atomic E-state index is 0.322. The van der Waals surface area contributed by atoms with Gasteiger partial charge in [-0.25, -0.2) is 0 Å². The van der Waals surface area contributed by atoms with Gasteiger partial charge in [-0.15, -0.1) is 0 Å². The van der Waals surface area contributed by atoms with Crippen LogP contribution in [0.5, 0.6) is 5.75 Å². The highest BCUT2D eigenvalue weighted by molar-refractivity contribution is 5.40. The number of hydrogen-bond acceptors (Lipinski definition) is 3. The fourth-order valence-corrected chi connectivity index (χ4v) is 0.962. The summed E-state index contributed by atoms with van der Waals surface area (Å²) in [7, 11) is 0. The van der Waals surface area contributed by atoms with E-state index in [1.54, 1.807) is 24.3 Å². The summed E-state index contributed by atoms with van der Waals surface area (Å²) in [5, 5.41) is 8.63. The Morgan fingerprint density at radius 3 is 1.53 bits per heavy atom. The molecule has 0 bridgehead atoms. The van der Waals surface area contributed by atoms with E-state index in [4.69, 9.17) is 10.9 Å². The van der Waals surface area contributed by atoms with Crippen molar-refractivity contribution >= 4 is 5.69 Å². The van der Waals surface area contributed by atoms with Crippen molar-refractivity contribution in [1.29, 1.82) is 0 Å². The SMILES string of the molecule is NNc1ccccc1.Oc1ccccc1. The van der Waals surface area contributed by atoms with Gasteiger partial charge in [0.1, 0.15) is 5.75 Å². The van der Waals surface area contributed by atoms with Gasteiger partial charge in [0.2, 0.25) is 0 Å². The van der Waals surface area contributed by atoms with E-state index in [1.165, 1.54) is 0 Å². The zero-order valence-electron chi connectivity index (χ0n) is 8.30. The van der Waals surface area contributed by atoms with Crippen LogP contribution in [0.1, 0.15) is 0 Å². The van der Waals surface area contributed by atoms with E-state index in [-0.39, 0.29) is 0 Å². The third-order valence-electron chi connectivity index (χ3n) is 1.70. The summed E-state index contributed by atoms with van der Waals surface area (Å²) < 4.78 is 0. The predicted octanol–water partition coefficient (Wildman–Crippen LogP) is 2.36. The number of nitrogens with two attached hydrogens (primary N) is 1. The number of hydrogen-bond donors (Lipinski definition) is 3. The zero-order chi connectivity index (χ0) is 10.9. The highest BCUT2D eigenvalue weighted by atomic mass is 16.3. The highest BCUT2D eigenvalue weighted by Crippen LogP contribution is 2.02. The molecule has 0 fully saturated rings. The first-order chi connectivity index (χ1) is 7.33. The summed E-state index contributed by atoms with van der Waals surface area (Å²) in [4.78, 5) is 0. The Morgan fingerprint density at radius 1 is 0.800 bits per heavy atom. The maximum absolute atomic E-state index is 8.63. The molecule has 0 aliphatic rings. The average molecular weight is 202 g/mol. The lowest BCUT2D eigenvalue weighted by Gasteiger charge is -1.94. The molecule has 3 heteroatoms. The Kier molecular flexibility index (Phi) is 4.77. The van der Waals surface area contributed by atoms with Crippen LogP contribution in [0.15, 0.2) is 60.7 Å². The Labute approximate surface area is 89.1 Å². The van der Waals surface area contributed by atoms with Crippen LogP contribution in [0.25, 0.3) is 0 Å².